The monoisotopic (exact) mass is 256 g/mol. The van der Waals surface area contributed by atoms with Crippen LogP contribution < -0.4 is 0 Å². The zero-order valence-electron chi connectivity index (χ0n) is 11.2. The highest BCUT2D eigenvalue weighted by Crippen LogP contribution is 2.24. The van der Waals surface area contributed by atoms with Crippen LogP contribution >= 0.6 is 0 Å². The Bertz CT molecular complexity index is 490. The molecule has 0 aliphatic rings. The molecule has 2 heteroatoms. The van der Waals surface area contributed by atoms with E-state index in [0.717, 1.165) is 23.1 Å². The minimum absolute atomic E-state index is 0.613. The molecule has 0 radical (unpaired) electrons. The van der Waals surface area contributed by atoms with E-state index in [9.17, 15) is 10.2 Å². The number of hydrogen-bond donors (Lipinski definition) is 2. The van der Waals surface area contributed by atoms with Gasteiger partial charge >= 0.3 is 0 Å². The smallest absolute Gasteiger partial charge is 0.105 e. The minimum atomic E-state index is -0.801. The lowest BCUT2D eigenvalue weighted by molar-refractivity contribution is 0.0131. The first-order valence-electron chi connectivity index (χ1n) is 6.74. The number of benzene rings is 2. The quantitative estimate of drug-likeness (QED) is 0.859. The zero-order chi connectivity index (χ0) is 13.7. The SMILES string of the molecule is CCCC(O)C(O)c1ccc(-c2ccccc2)cc1. The molecule has 0 amide bonds. The molecule has 0 aliphatic carbocycles. The van der Waals surface area contributed by atoms with Gasteiger partial charge < -0.3 is 10.2 Å². The molecule has 100 valence electrons. The Morgan fingerprint density at radius 2 is 1.42 bits per heavy atom. The largest absolute Gasteiger partial charge is 0.390 e. The molecule has 2 N–H and O–H groups in total. The summed E-state index contributed by atoms with van der Waals surface area (Å²) in [6.07, 6.45) is -0.0144. The van der Waals surface area contributed by atoms with Gasteiger partial charge in [-0.3, -0.25) is 0 Å². The van der Waals surface area contributed by atoms with E-state index >= 15 is 0 Å². The first kappa shape index (κ1) is 13.8. The van der Waals surface area contributed by atoms with Crippen LogP contribution in [0, 0.1) is 0 Å². The summed E-state index contributed by atoms with van der Waals surface area (Å²) >= 11 is 0. The number of aliphatic hydroxyl groups is 2. The van der Waals surface area contributed by atoms with Gasteiger partial charge in [0, 0.05) is 0 Å². The van der Waals surface area contributed by atoms with Crippen LogP contribution in [0.3, 0.4) is 0 Å². The summed E-state index contributed by atoms with van der Waals surface area (Å²) in [4.78, 5) is 0. The number of hydrogen-bond acceptors (Lipinski definition) is 2. The van der Waals surface area contributed by atoms with E-state index in [-0.39, 0.29) is 0 Å². The lowest BCUT2D eigenvalue weighted by atomic mass is 9.98. The highest BCUT2D eigenvalue weighted by Gasteiger charge is 2.17. The van der Waals surface area contributed by atoms with Crippen LogP contribution in [-0.2, 0) is 0 Å². The van der Waals surface area contributed by atoms with Crippen LogP contribution in [0.25, 0.3) is 11.1 Å². The van der Waals surface area contributed by atoms with E-state index in [0.29, 0.717) is 6.42 Å². The lowest BCUT2D eigenvalue weighted by Crippen LogP contribution is -2.17. The van der Waals surface area contributed by atoms with E-state index in [2.05, 4.69) is 12.1 Å². The van der Waals surface area contributed by atoms with Gasteiger partial charge in [0.1, 0.15) is 6.10 Å². The van der Waals surface area contributed by atoms with E-state index in [1.54, 1.807) is 0 Å². The van der Waals surface area contributed by atoms with Gasteiger partial charge in [-0.2, -0.15) is 0 Å². The van der Waals surface area contributed by atoms with Crippen molar-refractivity contribution in [1.82, 2.24) is 0 Å². The average Bonchev–Trinajstić information content (AvgIpc) is 2.48. The predicted molar refractivity (Wildman–Crippen MR) is 77.8 cm³/mol. The standard InChI is InChI=1S/C17H20O2/c1-2-6-16(18)17(19)15-11-9-14(10-12-15)13-7-4-3-5-8-13/h3-5,7-12,16-19H,2,6H2,1H3. The molecule has 0 heterocycles. The Morgan fingerprint density at radius 3 is 2.00 bits per heavy atom. The van der Waals surface area contributed by atoms with Crippen molar-refractivity contribution >= 4 is 0 Å². The Labute approximate surface area is 114 Å². The summed E-state index contributed by atoms with van der Waals surface area (Å²) < 4.78 is 0. The average molecular weight is 256 g/mol. The molecule has 0 spiro atoms. The zero-order valence-corrected chi connectivity index (χ0v) is 11.2. The third-order valence-electron chi connectivity index (χ3n) is 3.31. The molecule has 0 saturated carbocycles. The van der Waals surface area contributed by atoms with Gasteiger partial charge in [-0.15, -0.1) is 0 Å². The molecular weight excluding hydrogens is 236 g/mol. The molecule has 0 bridgehead atoms. The van der Waals surface area contributed by atoms with Gasteiger partial charge in [-0.1, -0.05) is 67.9 Å². The lowest BCUT2D eigenvalue weighted by Gasteiger charge is -2.17. The van der Waals surface area contributed by atoms with Crippen LogP contribution in [0.15, 0.2) is 54.6 Å². The van der Waals surface area contributed by atoms with Crippen LogP contribution in [0.1, 0.15) is 31.4 Å². The Balaban J connectivity index is 2.15. The molecule has 2 rings (SSSR count). The summed E-state index contributed by atoms with van der Waals surface area (Å²) in [6.45, 7) is 1.99. The topological polar surface area (TPSA) is 40.5 Å². The van der Waals surface area contributed by atoms with Crippen molar-refractivity contribution in [1.29, 1.82) is 0 Å². The van der Waals surface area contributed by atoms with E-state index < -0.39 is 12.2 Å². The second-order valence-corrected chi connectivity index (χ2v) is 4.79. The summed E-state index contributed by atoms with van der Waals surface area (Å²) in [5, 5.41) is 19.8. The molecule has 0 aromatic heterocycles. The van der Waals surface area contributed by atoms with E-state index in [1.807, 2.05) is 49.4 Å². The van der Waals surface area contributed by atoms with Gasteiger partial charge in [0.05, 0.1) is 6.10 Å². The molecule has 0 aliphatic heterocycles. The molecule has 0 fully saturated rings. The van der Waals surface area contributed by atoms with Crippen LogP contribution in [0.2, 0.25) is 0 Å². The third-order valence-corrected chi connectivity index (χ3v) is 3.31. The first-order valence-corrected chi connectivity index (χ1v) is 6.74. The van der Waals surface area contributed by atoms with Crippen molar-refractivity contribution in [3.63, 3.8) is 0 Å². The molecular formula is C17H20O2. The molecule has 2 unspecified atom stereocenters. The maximum atomic E-state index is 10.0. The summed E-state index contributed by atoms with van der Waals surface area (Å²) in [6, 6.07) is 17.8. The molecule has 2 aromatic rings. The number of aliphatic hydroxyl groups excluding tert-OH is 2. The van der Waals surface area contributed by atoms with Crippen molar-refractivity contribution in [2.45, 2.75) is 32.0 Å². The van der Waals surface area contributed by atoms with Gasteiger partial charge in [-0.05, 0) is 23.1 Å². The summed E-state index contributed by atoms with van der Waals surface area (Å²) in [5.74, 6) is 0. The van der Waals surface area contributed by atoms with Crippen molar-refractivity contribution in [2.75, 3.05) is 0 Å². The second kappa shape index (κ2) is 6.50. The molecule has 0 saturated heterocycles. The van der Waals surface area contributed by atoms with E-state index in [4.69, 9.17) is 0 Å². The Hall–Kier alpha value is -1.64. The predicted octanol–water partition coefficient (Wildman–Crippen LogP) is 3.55. The maximum absolute atomic E-state index is 10.0. The molecule has 19 heavy (non-hydrogen) atoms. The highest BCUT2D eigenvalue weighted by molar-refractivity contribution is 5.63. The third kappa shape index (κ3) is 3.43. The fourth-order valence-electron chi connectivity index (χ4n) is 2.18. The van der Waals surface area contributed by atoms with Gasteiger partial charge in [0.15, 0.2) is 0 Å². The Kier molecular flexibility index (Phi) is 4.72. The van der Waals surface area contributed by atoms with Crippen LogP contribution in [0.4, 0.5) is 0 Å². The minimum Gasteiger partial charge on any atom is -0.390 e. The van der Waals surface area contributed by atoms with Crippen molar-refractivity contribution in [2.24, 2.45) is 0 Å². The van der Waals surface area contributed by atoms with Gasteiger partial charge in [-0.25, -0.2) is 0 Å². The molecule has 2 atom stereocenters. The normalized spacial score (nSPS) is 14.1. The fraction of sp³-hybridized carbons (Fsp3) is 0.294. The van der Waals surface area contributed by atoms with Gasteiger partial charge in [0.25, 0.3) is 0 Å². The van der Waals surface area contributed by atoms with Crippen LogP contribution in [0.5, 0.6) is 0 Å². The van der Waals surface area contributed by atoms with Crippen molar-refractivity contribution in [3.8, 4) is 11.1 Å². The summed E-state index contributed by atoms with van der Waals surface area (Å²) in [7, 11) is 0. The maximum Gasteiger partial charge on any atom is 0.105 e. The molecule has 2 aromatic carbocycles. The van der Waals surface area contributed by atoms with Gasteiger partial charge in [0.2, 0.25) is 0 Å². The fourth-order valence-corrected chi connectivity index (χ4v) is 2.18. The van der Waals surface area contributed by atoms with Crippen LogP contribution in [-0.4, -0.2) is 16.3 Å². The molecule has 2 nitrogen and oxygen atoms in total. The second-order valence-electron chi connectivity index (χ2n) is 4.79. The first-order chi connectivity index (χ1) is 9.22. The highest BCUT2D eigenvalue weighted by atomic mass is 16.3. The Morgan fingerprint density at radius 1 is 0.842 bits per heavy atom. The summed E-state index contributed by atoms with van der Waals surface area (Å²) in [5.41, 5.74) is 3.03. The van der Waals surface area contributed by atoms with Crippen molar-refractivity contribution in [3.05, 3.63) is 60.2 Å². The van der Waals surface area contributed by atoms with E-state index in [1.165, 1.54) is 0 Å². The number of rotatable bonds is 5. The van der Waals surface area contributed by atoms with Crippen molar-refractivity contribution < 1.29 is 10.2 Å².